The first kappa shape index (κ1) is 18.1. The topological polar surface area (TPSA) is 63.5 Å². The third-order valence-electron chi connectivity index (χ3n) is 3.61. The predicted octanol–water partition coefficient (Wildman–Crippen LogP) is 1.34. The van der Waals surface area contributed by atoms with Gasteiger partial charge in [0.25, 0.3) is 0 Å². The Labute approximate surface area is 142 Å². The predicted molar refractivity (Wildman–Crippen MR) is 91.9 cm³/mol. The highest BCUT2D eigenvalue weighted by Crippen LogP contribution is 2.27. The van der Waals surface area contributed by atoms with Gasteiger partial charge in [0.2, 0.25) is 11.9 Å². The van der Waals surface area contributed by atoms with E-state index in [0.29, 0.717) is 19.1 Å². The summed E-state index contributed by atoms with van der Waals surface area (Å²) in [5.41, 5.74) is 0. The van der Waals surface area contributed by atoms with Crippen molar-refractivity contribution >= 4 is 23.6 Å². The Morgan fingerprint density at radius 3 is 2.48 bits per heavy atom. The average Bonchev–Trinajstić information content (AvgIpc) is 2.89. The van der Waals surface area contributed by atoms with Crippen LogP contribution in [-0.2, 0) is 16.1 Å². The number of carbonyl (C=O) groups is 1. The second-order valence-electron chi connectivity index (χ2n) is 6.38. The Kier molecular flexibility index (Phi) is 6.29. The molecule has 2 rings (SSSR count). The van der Waals surface area contributed by atoms with E-state index in [0.717, 1.165) is 30.7 Å². The molecule has 0 spiro atoms. The molecule has 1 atom stereocenters. The smallest absolute Gasteiger partial charge is 0.235 e. The fourth-order valence-corrected chi connectivity index (χ4v) is 3.46. The molecule has 0 radical (unpaired) electrons. The zero-order chi connectivity index (χ0) is 17.0. The molecular weight excluding hydrogens is 314 g/mol. The molecule has 0 bridgehead atoms. The van der Waals surface area contributed by atoms with E-state index in [1.54, 1.807) is 19.0 Å². The normalized spacial score (nSPS) is 16.7. The third-order valence-corrected chi connectivity index (χ3v) is 4.68. The monoisotopic (exact) mass is 341 g/mol. The quantitative estimate of drug-likeness (QED) is 0.728. The van der Waals surface area contributed by atoms with Crippen LogP contribution in [0.4, 0.5) is 5.95 Å². The van der Waals surface area contributed by atoms with Gasteiger partial charge >= 0.3 is 0 Å². The number of hydrogen-bond donors (Lipinski definition) is 0. The minimum atomic E-state index is -0.183. The largest absolute Gasteiger partial charge is 0.378 e. The fraction of sp³-hybridized carbons (Fsp3) is 0.800. The first-order chi connectivity index (χ1) is 10.9. The second-order valence-corrected chi connectivity index (χ2v) is 7.69. The maximum absolute atomic E-state index is 12.1. The number of aromatic nitrogens is 3. The van der Waals surface area contributed by atoms with E-state index in [1.807, 2.05) is 6.92 Å². The van der Waals surface area contributed by atoms with Gasteiger partial charge < -0.3 is 14.5 Å². The lowest BCUT2D eigenvalue weighted by Crippen LogP contribution is -2.38. The molecule has 1 amide bonds. The van der Waals surface area contributed by atoms with Gasteiger partial charge in [-0.15, -0.1) is 10.2 Å². The van der Waals surface area contributed by atoms with Crippen LogP contribution in [0.15, 0.2) is 5.16 Å². The molecular formula is C15H27N5O2S. The molecule has 0 aromatic carbocycles. The summed E-state index contributed by atoms with van der Waals surface area (Å²) in [6.45, 7) is 10.2. The Bertz CT molecular complexity index is 526. The lowest BCUT2D eigenvalue weighted by Gasteiger charge is -2.28. The van der Waals surface area contributed by atoms with Crippen LogP contribution < -0.4 is 4.90 Å². The number of amides is 1. The first-order valence-corrected chi connectivity index (χ1v) is 8.91. The number of morpholine rings is 1. The van der Waals surface area contributed by atoms with Crippen LogP contribution in [0.5, 0.6) is 0 Å². The Hall–Kier alpha value is -1.28. The van der Waals surface area contributed by atoms with Crippen molar-refractivity contribution in [1.82, 2.24) is 19.7 Å². The third kappa shape index (κ3) is 4.60. The van der Waals surface area contributed by atoms with Gasteiger partial charge in [0.1, 0.15) is 0 Å². The zero-order valence-electron chi connectivity index (χ0n) is 14.7. The van der Waals surface area contributed by atoms with Gasteiger partial charge in [-0.1, -0.05) is 25.6 Å². The molecule has 7 nitrogen and oxygen atoms in total. The molecule has 0 aliphatic carbocycles. The van der Waals surface area contributed by atoms with Crippen LogP contribution in [-0.4, -0.2) is 71.2 Å². The number of hydrogen-bond acceptors (Lipinski definition) is 6. The SMILES string of the molecule is CC(C)Cn1c(S[C@H](C)C(=O)N(C)C)nnc1N1CCOCC1. The number of carbonyl (C=O) groups excluding carboxylic acids is 1. The van der Waals surface area contributed by atoms with Gasteiger partial charge in [-0.05, 0) is 12.8 Å². The Morgan fingerprint density at radius 1 is 1.26 bits per heavy atom. The molecule has 0 N–H and O–H groups in total. The van der Waals surface area contributed by atoms with Crippen LogP contribution in [0, 0.1) is 5.92 Å². The lowest BCUT2D eigenvalue weighted by molar-refractivity contribution is -0.127. The maximum atomic E-state index is 12.1. The summed E-state index contributed by atoms with van der Waals surface area (Å²) in [6.07, 6.45) is 0. The van der Waals surface area contributed by atoms with E-state index in [2.05, 4.69) is 33.5 Å². The molecule has 8 heteroatoms. The summed E-state index contributed by atoms with van der Waals surface area (Å²) >= 11 is 1.47. The second kappa shape index (κ2) is 8.01. The molecule has 23 heavy (non-hydrogen) atoms. The summed E-state index contributed by atoms with van der Waals surface area (Å²) in [4.78, 5) is 15.9. The van der Waals surface area contributed by atoms with E-state index in [4.69, 9.17) is 4.74 Å². The van der Waals surface area contributed by atoms with E-state index in [-0.39, 0.29) is 11.2 Å². The zero-order valence-corrected chi connectivity index (χ0v) is 15.5. The number of ether oxygens (including phenoxy) is 1. The van der Waals surface area contributed by atoms with Crippen LogP contribution in [0.1, 0.15) is 20.8 Å². The van der Waals surface area contributed by atoms with Gasteiger partial charge in [-0.25, -0.2) is 0 Å². The fourth-order valence-electron chi connectivity index (χ4n) is 2.46. The van der Waals surface area contributed by atoms with Crippen molar-refractivity contribution in [3.8, 4) is 0 Å². The molecule has 2 heterocycles. The van der Waals surface area contributed by atoms with Gasteiger partial charge in [0.05, 0.1) is 18.5 Å². The standard InChI is InChI=1S/C15H27N5O2S/c1-11(2)10-20-14(19-6-8-22-9-7-19)16-17-15(20)23-12(3)13(21)18(4)5/h11-12H,6-10H2,1-5H3/t12-/m1/s1. The van der Waals surface area contributed by atoms with Crippen molar-refractivity contribution in [2.75, 3.05) is 45.3 Å². The van der Waals surface area contributed by atoms with Gasteiger partial charge in [-0.2, -0.15) is 0 Å². The minimum absolute atomic E-state index is 0.0852. The van der Waals surface area contributed by atoms with E-state index in [1.165, 1.54) is 11.8 Å². The van der Waals surface area contributed by atoms with E-state index >= 15 is 0 Å². The van der Waals surface area contributed by atoms with Crippen LogP contribution in [0.3, 0.4) is 0 Å². The highest BCUT2D eigenvalue weighted by molar-refractivity contribution is 8.00. The molecule has 130 valence electrons. The van der Waals surface area contributed by atoms with Crippen LogP contribution in [0.2, 0.25) is 0 Å². The van der Waals surface area contributed by atoms with Crippen LogP contribution in [0.25, 0.3) is 0 Å². The lowest BCUT2D eigenvalue weighted by atomic mass is 10.2. The van der Waals surface area contributed by atoms with Crippen molar-refractivity contribution in [3.63, 3.8) is 0 Å². The molecule has 0 unspecified atom stereocenters. The van der Waals surface area contributed by atoms with E-state index < -0.39 is 0 Å². The summed E-state index contributed by atoms with van der Waals surface area (Å²) in [5, 5.41) is 9.36. The number of anilines is 1. The molecule has 1 saturated heterocycles. The molecule has 1 aromatic rings. The number of rotatable bonds is 6. The summed E-state index contributed by atoms with van der Waals surface area (Å²) < 4.78 is 7.56. The first-order valence-electron chi connectivity index (χ1n) is 8.04. The Morgan fingerprint density at radius 2 is 1.91 bits per heavy atom. The average molecular weight is 341 g/mol. The van der Waals surface area contributed by atoms with Crippen LogP contribution >= 0.6 is 11.8 Å². The molecule has 1 fully saturated rings. The van der Waals surface area contributed by atoms with Gasteiger partial charge in [-0.3, -0.25) is 9.36 Å². The number of nitrogens with zero attached hydrogens (tertiary/aromatic N) is 5. The van der Waals surface area contributed by atoms with Gasteiger partial charge in [0.15, 0.2) is 5.16 Å². The van der Waals surface area contributed by atoms with Crippen molar-refractivity contribution in [2.45, 2.75) is 37.7 Å². The Balaban J connectivity index is 2.21. The van der Waals surface area contributed by atoms with Crippen molar-refractivity contribution in [3.05, 3.63) is 0 Å². The molecule has 0 saturated carbocycles. The summed E-state index contributed by atoms with van der Waals surface area (Å²) in [5.74, 6) is 1.45. The molecule has 1 aliphatic rings. The highest BCUT2D eigenvalue weighted by Gasteiger charge is 2.24. The van der Waals surface area contributed by atoms with Crippen molar-refractivity contribution in [1.29, 1.82) is 0 Å². The van der Waals surface area contributed by atoms with Crippen molar-refractivity contribution < 1.29 is 9.53 Å². The van der Waals surface area contributed by atoms with E-state index in [9.17, 15) is 4.79 Å². The maximum Gasteiger partial charge on any atom is 0.235 e. The summed E-state index contributed by atoms with van der Waals surface area (Å²) in [6, 6.07) is 0. The highest BCUT2D eigenvalue weighted by atomic mass is 32.2. The van der Waals surface area contributed by atoms with Gasteiger partial charge in [0, 0.05) is 33.7 Å². The summed E-state index contributed by atoms with van der Waals surface area (Å²) in [7, 11) is 3.55. The molecule has 1 aliphatic heterocycles. The molecule has 1 aromatic heterocycles. The van der Waals surface area contributed by atoms with Crippen molar-refractivity contribution in [2.24, 2.45) is 5.92 Å². The minimum Gasteiger partial charge on any atom is -0.378 e. The number of thioether (sulfide) groups is 1.